The molecular weight excluding hydrogens is 396 g/mol. The maximum atomic E-state index is 12.2. The van der Waals surface area contributed by atoms with Crippen molar-refractivity contribution in [2.45, 2.75) is 19.8 Å². The van der Waals surface area contributed by atoms with Gasteiger partial charge in [0.25, 0.3) is 0 Å². The number of aryl methyl sites for hydroxylation is 1. The van der Waals surface area contributed by atoms with Crippen LogP contribution in [0.2, 0.25) is 0 Å². The molecule has 0 radical (unpaired) electrons. The largest absolute Gasteiger partial charge is 0.449 e. The summed E-state index contributed by atoms with van der Waals surface area (Å²) in [6.45, 7) is 2.26. The zero-order valence-electron chi connectivity index (χ0n) is 14.4. The van der Waals surface area contributed by atoms with Gasteiger partial charge in [-0.25, -0.2) is 4.79 Å². The van der Waals surface area contributed by atoms with Crippen LogP contribution in [-0.2, 0) is 17.6 Å². The topological polar surface area (TPSA) is 64.4 Å². The fourth-order valence-electron chi connectivity index (χ4n) is 2.54. The number of rotatable bonds is 6. The Labute approximate surface area is 160 Å². The Morgan fingerprint density at radius 1 is 1.15 bits per heavy atom. The molecule has 1 aromatic heterocycles. The van der Waals surface area contributed by atoms with Gasteiger partial charge >= 0.3 is 6.09 Å². The lowest BCUT2D eigenvalue weighted by Crippen LogP contribution is -2.16. The van der Waals surface area contributed by atoms with Gasteiger partial charge in [0, 0.05) is 16.5 Å². The first-order valence-electron chi connectivity index (χ1n) is 8.39. The summed E-state index contributed by atoms with van der Waals surface area (Å²) in [5.41, 5.74) is 3.19. The molecule has 0 aliphatic heterocycles. The molecule has 0 bridgehead atoms. The average molecular weight is 415 g/mol. The highest BCUT2D eigenvalue weighted by Crippen LogP contribution is 2.32. The molecule has 1 amide bonds. The Bertz CT molecular complexity index is 861. The molecule has 6 heteroatoms. The quantitative estimate of drug-likeness (QED) is 0.581. The molecule has 5 nitrogen and oxygen atoms in total. The molecule has 0 fully saturated rings. The fourth-order valence-corrected chi connectivity index (χ4v) is 2.80. The van der Waals surface area contributed by atoms with E-state index in [2.05, 4.69) is 26.4 Å². The van der Waals surface area contributed by atoms with Gasteiger partial charge in [-0.05, 0) is 36.2 Å². The van der Waals surface area contributed by atoms with Crippen LogP contribution >= 0.6 is 15.9 Å². The van der Waals surface area contributed by atoms with Crippen LogP contribution in [0.25, 0.3) is 11.3 Å². The number of amides is 1. The molecule has 3 aromatic rings. The van der Waals surface area contributed by atoms with Crippen LogP contribution < -0.4 is 5.32 Å². The van der Waals surface area contributed by atoms with Crippen molar-refractivity contribution in [1.29, 1.82) is 0 Å². The van der Waals surface area contributed by atoms with Gasteiger partial charge in [0.1, 0.15) is 11.4 Å². The van der Waals surface area contributed by atoms with Crippen molar-refractivity contribution >= 4 is 27.7 Å². The van der Waals surface area contributed by atoms with Crippen LogP contribution in [0.1, 0.15) is 18.2 Å². The molecule has 2 aromatic carbocycles. The maximum absolute atomic E-state index is 12.2. The normalized spacial score (nSPS) is 10.5. The molecule has 3 rings (SSSR count). The third kappa shape index (κ3) is 4.52. The van der Waals surface area contributed by atoms with Crippen molar-refractivity contribution in [2.24, 2.45) is 0 Å². The molecule has 0 atom stereocenters. The summed E-state index contributed by atoms with van der Waals surface area (Å²) in [6, 6.07) is 17.5. The highest BCUT2D eigenvalue weighted by molar-refractivity contribution is 9.10. The Morgan fingerprint density at radius 2 is 1.88 bits per heavy atom. The number of anilines is 1. The number of benzene rings is 2. The monoisotopic (exact) mass is 414 g/mol. The Hall–Kier alpha value is -2.60. The summed E-state index contributed by atoms with van der Waals surface area (Å²) in [5, 5.41) is 6.84. The minimum Gasteiger partial charge on any atom is -0.449 e. The van der Waals surface area contributed by atoms with Crippen LogP contribution in [0.4, 0.5) is 10.5 Å². The predicted octanol–water partition coefficient (Wildman–Crippen LogP) is 5.46. The van der Waals surface area contributed by atoms with Crippen LogP contribution in [0.15, 0.2) is 63.6 Å². The fraction of sp³-hybridized carbons (Fsp3) is 0.200. The number of nitrogens with zero attached hydrogens (tertiary/aromatic N) is 1. The second kappa shape index (κ2) is 8.67. The smallest absolute Gasteiger partial charge is 0.411 e. The van der Waals surface area contributed by atoms with E-state index in [1.807, 2.05) is 61.5 Å². The molecule has 0 aliphatic carbocycles. The number of carbonyl (C=O) groups excluding carboxylic acids is 1. The molecule has 0 unspecified atom stereocenters. The van der Waals surface area contributed by atoms with Gasteiger partial charge in [-0.15, -0.1) is 0 Å². The van der Waals surface area contributed by atoms with Gasteiger partial charge in [0.2, 0.25) is 0 Å². The van der Waals surface area contributed by atoms with Crippen molar-refractivity contribution in [3.05, 3.63) is 70.3 Å². The minimum atomic E-state index is -0.516. The Balaban J connectivity index is 1.67. The zero-order valence-corrected chi connectivity index (χ0v) is 16.0. The lowest BCUT2D eigenvalue weighted by molar-refractivity contribution is 0.163. The first-order valence-corrected chi connectivity index (χ1v) is 9.19. The first-order chi connectivity index (χ1) is 12.7. The van der Waals surface area contributed by atoms with Crippen LogP contribution in [0.3, 0.4) is 0 Å². The molecule has 0 saturated heterocycles. The summed E-state index contributed by atoms with van der Waals surface area (Å²) < 4.78 is 11.7. The lowest BCUT2D eigenvalue weighted by atomic mass is 10.1. The number of aromatic nitrogens is 1. The van der Waals surface area contributed by atoms with Crippen molar-refractivity contribution in [2.75, 3.05) is 11.9 Å². The average Bonchev–Trinajstić information content (AvgIpc) is 3.06. The molecule has 0 spiro atoms. The van der Waals surface area contributed by atoms with Gasteiger partial charge in [0.15, 0.2) is 5.76 Å². The van der Waals surface area contributed by atoms with E-state index in [4.69, 9.17) is 9.26 Å². The van der Waals surface area contributed by atoms with E-state index < -0.39 is 6.09 Å². The molecule has 134 valence electrons. The van der Waals surface area contributed by atoms with Crippen molar-refractivity contribution < 1.29 is 14.1 Å². The van der Waals surface area contributed by atoms with Crippen LogP contribution in [-0.4, -0.2) is 17.9 Å². The van der Waals surface area contributed by atoms with E-state index in [1.54, 1.807) is 0 Å². The second-order valence-corrected chi connectivity index (χ2v) is 6.61. The number of nitrogens with one attached hydrogen (secondary N) is 1. The van der Waals surface area contributed by atoms with Crippen molar-refractivity contribution in [1.82, 2.24) is 5.16 Å². The second-order valence-electron chi connectivity index (χ2n) is 5.69. The highest BCUT2D eigenvalue weighted by atomic mass is 79.9. The van der Waals surface area contributed by atoms with E-state index in [0.717, 1.165) is 15.6 Å². The maximum Gasteiger partial charge on any atom is 0.411 e. The summed E-state index contributed by atoms with van der Waals surface area (Å²) in [5.74, 6) is 0.523. The molecular formula is C20H19BrN2O3. The number of ether oxygens (including phenoxy) is 1. The van der Waals surface area contributed by atoms with E-state index in [1.165, 1.54) is 0 Å². The molecule has 26 heavy (non-hydrogen) atoms. The molecule has 1 heterocycles. The SMILES string of the molecule is CCc1noc(-c2ccc(Br)cc2)c1NC(=O)OCCc1ccccc1. The van der Waals surface area contributed by atoms with Crippen LogP contribution in [0.5, 0.6) is 0 Å². The summed E-state index contributed by atoms with van der Waals surface area (Å²) in [7, 11) is 0. The zero-order chi connectivity index (χ0) is 18.4. The Kier molecular flexibility index (Phi) is 6.07. The standard InChI is InChI=1S/C20H19BrN2O3/c1-2-17-18(19(26-23-17)15-8-10-16(21)11-9-15)22-20(24)25-13-12-14-6-4-3-5-7-14/h3-11H,2,12-13H2,1H3,(H,22,24). The number of carbonyl (C=O) groups is 1. The van der Waals surface area contributed by atoms with E-state index in [9.17, 15) is 4.79 Å². The molecule has 1 N–H and O–H groups in total. The van der Waals surface area contributed by atoms with E-state index in [-0.39, 0.29) is 0 Å². The Morgan fingerprint density at radius 3 is 2.58 bits per heavy atom. The third-order valence-corrected chi connectivity index (χ3v) is 4.43. The van der Waals surface area contributed by atoms with Crippen molar-refractivity contribution in [3.8, 4) is 11.3 Å². The third-order valence-electron chi connectivity index (χ3n) is 3.90. The van der Waals surface area contributed by atoms with E-state index >= 15 is 0 Å². The number of hydrogen-bond donors (Lipinski definition) is 1. The number of hydrogen-bond acceptors (Lipinski definition) is 4. The summed E-state index contributed by atoms with van der Waals surface area (Å²) in [4.78, 5) is 12.2. The summed E-state index contributed by atoms with van der Waals surface area (Å²) >= 11 is 3.41. The molecule has 0 saturated carbocycles. The highest BCUT2D eigenvalue weighted by Gasteiger charge is 2.19. The van der Waals surface area contributed by atoms with Crippen molar-refractivity contribution in [3.63, 3.8) is 0 Å². The van der Waals surface area contributed by atoms with Gasteiger partial charge < -0.3 is 9.26 Å². The molecule has 0 aliphatic rings. The minimum absolute atomic E-state index is 0.302. The predicted molar refractivity (Wildman–Crippen MR) is 104 cm³/mol. The first kappa shape index (κ1) is 18.2. The van der Waals surface area contributed by atoms with Crippen LogP contribution in [0, 0.1) is 0 Å². The van der Waals surface area contributed by atoms with Gasteiger partial charge in [0.05, 0.1) is 6.61 Å². The van der Waals surface area contributed by atoms with Gasteiger partial charge in [-0.2, -0.15) is 0 Å². The lowest BCUT2D eigenvalue weighted by Gasteiger charge is -2.08. The van der Waals surface area contributed by atoms with Gasteiger partial charge in [-0.1, -0.05) is 58.3 Å². The van der Waals surface area contributed by atoms with E-state index in [0.29, 0.717) is 36.6 Å². The number of halogens is 1. The van der Waals surface area contributed by atoms with Gasteiger partial charge in [-0.3, -0.25) is 5.32 Å². The summed E-state index contributed by atoms with van der Waals surface area (Å²) in [6.07, 6.45) is 0.787.